The van der Waals surface area contributed by atoms with Crippen molar-refractivity contribution in [3.63, 3.8) is 0 Å². The molecule has 1 saturated heterocycles. The van der Waals surface area contributed by atoms with E-state index < -0.39 is 30.6 Å². The predicted molar refractivity (Wildman–Crippen MR) is 95.4 cm³/mol. The number of hydrogen-bond acceptors (Lipinski definition) is 6. The number of halogens is 1. The van der Waals surface area contributed by atoms with E-state index in [0.717, 1.165) is 3.57 Å². The number of rotatable bonds is 2. The van der Waals surface area contributed by atoms with Crippen molar-refractivity contribution in [1.29, 1.82) is 0 Å². The Morgan fingerprint density at radius 2 is 2.29 bits per heavy atom. The second-order valence-corrected chi connectivity index (χ2v) is 6.52. The van der Waals surface area contributed by atoms with Crippen LogP contribution in [-0.2, 0) is 4.74 Å². The Labute approximate surface area is 151 Å². The summed E-state index contributed by atoms with van der Waals surface area (Å²) in [5.74, 6) is 6.88. The maximum atomic E-state index is 10.9. The molecule has 0 spiro atoms. The number of aliphatic hydroxyl groups is 3. The minimum atomic E-state index is -2.00. The number of nitrogen functional groups attached to an aromatic ring is 1. The van der Waals surface area contributed by atoms with E-state index in [1.807, 2.05) is 0 Å². The molecule has 0 aliphatic carbocycles. The summed E-state index contributed by atoms with van der Waals surface area (Å²) in [5, 5.41) is 31.3. The van der Waals surface area contributed by atoms with Crippen LogP contribution >= 0.6 is 22.6 Å². The van der Waals surface area contributed by atoms with Crippen LogP contribution in [0, 0.1) is 27.8 Å². The molecule has 4 atom stereocenters. The quantitative estimate of drug-likeness (QED) is 0.382. The van der Waals surface area contributed by atoms with E-state index in [9.17, 15) is 15.3 Å². The molecule has 124 valence electrons. The van der Waals surface area contributed by atoms with Gasteiger partial charge in [0, 0.05) is 21.7 Å². The van der Waals surface area contributed by atoms with Gasteiger partial charge in [-0.3, -0.25) is 0 Å². The first-order valence-corrected chi connectivity index (χ1v) is 8.07. The molecule has 1 fully saturated rings. The number of pyridine rings is 1. The third-order valence-electron chi connectivity index (χ3n) is 3.95. The van der Waals surface area contributed by atoms with E-state index in [4.69, 9.17) is 16.9 Å². The summed E-state index contributed by atoms with van der Waals surface area (Å²) in [5.41, 5.74) is 4.99. The smallest absolute Gasteiger partial charge is 0.200 e. The molecule has 7 nitrogen and oxygen atoms in total. The Hall–Kier alpha value is -1.82. The molecule has 0 radical (unpaired) electrons. The number of anilines is 1. The van der Waals surface area contributed by atoms with Gasteiger partial charge in [-0.15, -0.1) is 6.42 Å². The SMILES string of the molecule is C#CC#C[C@@]1(O)[C@H](O)[C@@H](CO)O[C@H]1n1cc(I)c2c(N)ccnc21. The second-order valence-electron chi connectivity index (χ2n) is 5.36. The van der Waals surface area contributed by atoms with Gasteiger partial charge in [0.2, 0.25) is 0 Å². The largest absolute Gasteiger partial charge is 0.398 e. The van der Waals surface area contributed by atoms with Gasteiger partial charge in [-0.1, -0.05) is 0 Å². The number of nitrogens with zero attached hydrogens (tertiary/aromatic N) is 2. The van der Waals surface area contributed by atoms with Gasteiger partial charge in [0.05, 0.1) is 12.0 Å². The zero-order chi connectivity index (χ0) is 17.5. The first-order chi connectivity index (χ1) is 11.4. The Morgan fingerprint density at radius 3 is 2.96 bits per heavy atom. The number of nitrogens with two attached hydrogens (primary N) is 1. The van der Waals surface area contributed by atoms with Gasteiger partial charge in [0.1, 0.15) is 17.9 Å². The van der Waals surface area contributed by atoms with E-state index in [0.29, 0.717) is 16.7 Å². The Kier molecular flexibility index (Phi) is 4.42. The lowest BCUT2D eigenvalue weighted by Crippen LogP contribution is -2.45. The van der Waals surface area contributed by atoms with Gasteiger partial charge >= 0.3 is 0 Å². The number of aromatic nitrogens is 2. The first-order valence-electron chi connectivity index (χ1n) is 6.99. The standard InChI is InChI=1S/C16H14IN3O4/c1-2-3-5-16(23)13(22)11(8-21)24-15(16)20-7-9(17)12-10(18)4-6-19-14(12)20/h1,4,6-7,11,13,15,21-23H,8H2,(H2,18,19)/t11-,13-,15-,16-/m1/s1. The highest BCUT2D eigenvalue weighted by Crippen LogP contribution is 2.41. The van der Waals surface area contributed by atoms with Gasteiger partial charge < -0.3 is 30.4 Å². The fraction of sp³-hybridized carbons (Fsp3) is 0.312. The Balaban J connectivity index is 2.21. The van der Waals surface area contributed by atoms with Crippen LogP contribution in [0.25, 0.3) is 11.0 Å². The van der Waals surface area contributed by atoms with Crippen LogP contribution in [0.4, 0.5) is 5.69 Å². The van der Waals surface area contributed by atoms with Crippen LogP contribution in [-0.4, -0.2) is 49.3 Å². The van der Waals surface area contributed by atoms with Crippen LogP contribution in [0.2, 0.25) is 0 Å². The van der Waals surface area contributed by atoms with E-state index in [-0.39, 0.29) is 0 Å². The normalized spacial score (nSPS) is 29.2. The van der Waals surface area contributed by atoms with Crippen LogP contribution in [0.5, 0.6) is 0 Å². The molecule has 8 heteroatoms. The molecule has 0 unspecified atom stereocenters. The molecule has 0 amide bonds. The van der Waals surface area contributed by atoms with Crippen molar-refractivity contribution in [1.82, 2.24) is 9.55 Å². The highest BCUT2D eigenvalue weighted by atomic mass is 127. The van der Waals surface area contributed by atoms with Crippen molar-refractivity contribution in [3.8, 4) is 24.2 Å². The lowest BCUT2D eigenvalue weighted by Gasteiger charge is -2.26. The van der Waals surface area contributed by atoms with Gasteiger partial charge in [0.25, 0.3) is 0 Å². The molecule has 0 saturated carbocycles. The summed E-state index contributed by atoms with van der Waals surface area (Å²) >= 11 is 2.09. The van der Waals surface area contributed by atoms with Crippen LogP contribution in [0.3, 0.4) is 0 Å². The maximum absolute atomic E-state index is 10.9. The highest BCUT2D eigenvalue weighted by Gasteiger charge is 2.56. The number of terminal acetylenes is 1. The molecule has 1 aliphatic heterocycles. The molecule has 5 N–H and O–H groups in total. The van der Waals surface area contributed by atoms with Crippen LogP contribution in [0.1, 0.15) is 6.23 Å². The number of hydrogen-bond donors (Lipinski definition) is 4. The Bertz CT molecular complexity index is 894. The average molecular weight is 439 g/mol. The number of ether oxygens (including phenoxy) is 1. The van der Waals surface area contributed by atoms with Gasteiger partial charge in [0.15, 0.2) is 11.8 Å². The van der Waals surface area contributed by atoms with Crippen molar-refractivity contribution in [2.45, 2.75) is 24.0 Å². The first kappa shape index (κ1) is 17.0. The van der Waals surface area contributed by atoms with Gasteiger partial charge in [-0.25, -0.2) is 4.98 Å². The predicted octanol–water partition coefficient (Wildman–Crippen LogP) is -0.159. The van der Waals surface area contributed by atoms with Crippen molar-refractivity contribution in [2.24, 2.45) is 0 Å². The lowest BCUT2D eigenvalue weighted by molar-refractivity contribution is -0.0719. The summed E-state index contributed by atoms with van der Waals surface area (Å²) in [6.07, 6.45) is 4.80. The number of fused-ring (bicyclic) bond motifs is 1. The molecule has 1 aliphatic rings. The molecule has 3 heterocycles. The third kappa shape index (κ3) is 2.44. The number of aliphatic hydroxyl groups excluding tert-OH is 2. The second kappa shape index (κ2) is 6.24. The molecule has 3 rings (SSSR count). The fourth-order valence-corrected chi connectivity index (χ4v) is 3.65. The summed E-state index contributed by atoms with van der Waals surface area (Å²) < 4.78 is 7.98. The lowest BCUT2D eigenvalue weighted by atomic mass is 9.94. The molecule has 2 aromatic heterocycles. The van der Waals surface area contributed by atoms with Crippen LogP contribution in [0.15, 0.2) is 18.5 Å². The van der Waals surface area contributed by atoms with Crippen molar-refractivity contribution >= 4 is 39.3 Å². The van der Waals surface area contributed by atoms with Crippen molar-refractivity contribution in [3.05, 3.63) is 22.0 Å². The van der Waals surface area contributed by atoms with E-state index >= 15 is 0 Å². The fourth-order valence-electron chi connectivity index (χ4n) is 2.80. The van der Waals surface area contributed by atoms with E-state index in [2.05, 4.69) is 45.3 Å². The van der Waals surface area contributed by atoms with E-state index in [1.165, 1.54) is 10.8 Å². The Morgan fingerprint density at radius 1 is 1.54 bits per heavy atom. The third-order valence-corrected chi connectivity index (χ3v) is 4.77. The zero-order valence-electron chi connectivity index (χ0n) is 12.3. The average Bonchev–Trinajstić information content (AvgIpc) is 3.02. The summed E-state index contributed by atoms with van der Waals surface area (Å²) in [7, 11) is 0. The summed E-state index contributed by atoms with van der Waals surface area (Å²) in [4.78, 5) is 4.28. The molecule has 0 bridgehead atoms. The molecule has 24 heavy (non-hydrogen) atoms. The van der Waals surface area contributed by atoms with Crippen molar-refractivity contribution < 1.29 is 20.1 Å². The molecule has 0 aromatic carbocycles. The van der Waals surface area contributed by atoms with Crippen molar-refractivity contribution in [2.75, 3.05) is 12.3 Å². The topological polar surface area (TPSA) is 114 Å². The molecule has 2 aromatic rings. The van der Waals surface area contributed by atoms with Gasteiger partial charge in [-0.2, -0.15) is 0 Å². The minimum absolute atomic E-state index is 0.469. The maximum Gasteiger partial charge on any atom is 0.200 e. The summed E-state index contributed by atoms with van der Waals surface area (Å²) in [6, 6.07) is 1.67. The zero-order valence-corrected chi connectivity index (χ0v) is 14.5. The summed E-state index contributed by atoms with van der Waals surface area (Å²) in [6.45, 7) is -0.483. The van der Waals surface area contributed by atoms with E-state index in [1.54, 1.807) is 12.3 Å². The van der Waals surface area contributed by atoms with Crippen LogP contribution < -0.4 is 5.73 Å². The monoisotopic (exact) mass is 439 g/mol. The molecular formula is C16H14IN3O4. The van der Waals surface area contributed by atoms with Gasteiger partial charge in [-0.05, 0) is 46.4 Å². The highest BCUT2D eigenvalue weighted by molar-refractivity contribution is 14.1. The molecular weight excluding hydrogens is 425 g/mol. The minimum Gasteiger partial charge on any atom is -0.398 e.